The number of rotatable bonds is 2. The van der Waals surface area contributed by atoms with Crippen LogP contribution in [0.2, 0.25) is 5.02 Å². The molecule has 1 aliphatic heterocycles. The number of benzene rings is 2. The predicted molar refractivity (Wildman–Crippen MR) is 110 cm³/mol. The summed E-state index contributed by atoms with van der Waals surface area (Å²) in [7, 11) is 2.02. The molecular formula is C20H18ClN3OS. The Bertz CT molecular complexity index is 1100. The molecule has 4 nitrogen and oxygen atoms in total. The van der Waals surface area contributed by atoms with E-state index < -0.39 is 0 Å². The van der Waals surface area contributed by atoms with Crippen molar-refractivity contribution in [1.82, 2.24) is 4.98 Å². The fourth-order valence-corrected chi connectivity index (χ4v) is 4.79. The van der Waals surface area contributed by atoms with Crippen molar-refractivity contribution < 1.29 is 4.42 Å². The average Bonchev–Trinajstić information content (AvgIpc) is 3.17. The number of fused-ring (bicyclic) bond motifs is 1. The molecule has 0 bridgehead atoms. The van der Waals surface area contributed by atoms with E-state index in [0.29, 0.717) is 5.92 Å². The van der Waals surface area contributed by atoms with Gasteiger partial charge in [-0.1, -0.05) is 42.0 Å². The number of para-hydroxylation sites is 1. The summed E-state index contributed by atoms with van der Waals surface area (Å²) in [6, 6.07) is 12.1. The van der Waals surface area contributed by atoms with E-state index >= 15 is 0 Å². The van der Waals surface area contributed by atoms with Crippen molar-refractivity contribution in [2.45, 2.75) is 13.3 Å². The number of nitrogens with one attached hydrogen (secondary N) is 1. The number of aromatic nitrogens is 1. The Kier molecular flexibility index (Phi) is 3.62. The number of thiazole rings is 1. The topological polar surface area (TPSA) is 41.3 Å². The van der Waals surface area contributed by atoms with Crippen LogP contribution in [0.25, 0.3) is 21.2 Å². The van der Waals surface area contributed by atoms with Gasteiger partial charge in [-0.2, -0.15) is 0 Å². The van der Waals surface area contributed by atoms with Crippen LogP contribution in [0.15, 0.2) is 40.8 Å². The summed E-state index contributed by atoms with van der Waals surface area (Å²) < 4.78 is 7.45. The van der Waals surface area contributed by atoms with Crippen molar-refractivity contribution in [2.24, 2.45) is 5.92 Å². The molecule has 0 spiro atoms. The minimum absolute atomic E-state index is 0.488. The highest BCUT2D eigenvalue weighted by molar-refractivity contribution is 7.22. The lowest BCUT2D eigenvalue weighted by Crippen LogP contribution is -2.13. The molecule has 0 saturated carbocycles. The lowest BCUT2D eigenvalue weighted by atomic mass is 10.0. The first kappa shape index (κ1) is 16.0. The zero-order chi connectivity index (χ0) is 17.8. The summed E-state index contributed by atoms with van der Waals surface area (Å²) in [5.41, 5.74) is 4.07. The molecule has 1 N–H and O–H groups in total. The Morgan fingerprint density at radius 1 is 1.27 bits per heavy atom. The van der Waals surface area contributed by atoms with Gasteiger partial charge in [-0.15, -0.1) is 0 Å². The normalized spacial score (nSPS) is 16.7. The first-order valence-corrected chi connectivity index (χ1v) is 9.88. The fourth-order valence-electron chi connectivity index (χ4n) is 3.64. The number of nitrogens with zero attached hydrogens (tertiary/aromatic N) is 2. The largest absolute Gasteiger partial charge is 0.440 e. The first-order chi connectivity index (χ1) is 12.6. The fraction of sp³-hybridized carbons (Fsp3) is 0.250. The molecule has 6 heteroatoms. The molecule has 4 aromatic rings. The second-order valence-corrected chi connectivity index (χ2v) is 8.31. The lowest BCUT2D eigenvalue weighted by Gasteiger charge is -2.15. The number of hydrogen-bond acceptors (Lipinski definition) is 5. The van der Waals surface area contributed by atoms with Crippen LogP contribution >= 0.6 is 22.9 Å². The number of anilines is 3. The van der Waals surface area contributed by atoms with Crippen LogP contribution in [0.5, 0.6) is 0 Å². The summed E-state index contributed by atoms with van der Waals surface area (Å²) >= 11 is 8.13. The molecule has 1 atom stereocenters. The maximum atomic E-state index is 6.46. The van der Waals surface area contributed by atoms with E-state index in [9.17, 15) is 0 Å². The minimum atomic E-state index is 0.488. The summed E-state index contributed by atoms with van der Waals surface area (Å²) in [6.45, 7) is 3.14. The molecule has 0 radical (unpaired) electrons. The molecule has 0 aliphatic carbocycles. The van der Waals surface area contributed by atoms with Crippen molar-refractivity contribution in [3.8, 4) is 0 Å². The Hall–Kier alpha value is -2.24. The van der Waals surface area contributed by atoms with Gasteiger partial charge in [0.15, 0.2) is 5.13 Å². The summed E-state index contributed by atoms with van der Waals surface area (Å²) in [4.78, 5) is 6.84. The Balaban J connectivity index is 1.70. The van der Waals surface area contributed by atoms with E-state index in [1.54, 1.807) is 11.3 Å². The van der Waals surface area contributed by atoms with Crippen molar-refractivity contribution in [3.63, 3.8) is 0 Å². The third-order valence-electron chi connectivity index (χ3n) is 4.94. The van der Waals surface area contributed by atoms with Gasteiger partial charge in [0.05, 0.1) is 26.3 Å². The van der Waals surface area contributed by atoms with Crippen molar-refractivity contribution in [1.29, 1.82) is 0 Å². The van der Waals surface area contributed by atoms with Crippen LogP contribution in [0.3, 0.4) is 0 Å². The van der Waals surface area contributed by atoms with Gasteiger partial charge < -0.3 is 9.73 Å². The van der Waals surface area contributed by atoms with E-state index in [-0.39, 0.29) is 0 Å². The van der Waals surface area contributed by atoms with Crippen molar-refractivity contribution in [2.75, 3.05) is 23.8 Å². The van der Waals surface area contributed by atoms with Crippen LogP contribution in [-0.4, -0.2) is 18.6 Å². The number of furan rings is 1. The lowest BCUT2D eigenvalue weighted by molar-refractivity contribution is 0.584. The van der Waals surface area contributed by atoms with Crippen LogP contribution < -0.4 is 10.2 Å². The van der Waals surface area contributed by atoms with Crippen LogP contribution in [-0.2, 0) is 6.42 Å². The molecule has 5 rings (SSSR count). The molecule has 0 saturated heterocycles. The standard InChI is InChI=1S/C20H18ClN3OS/c1-11-9-12-17-15(8-7-13(21)18(17)22-10-11)25-19(12)24(2)20-23-14-5-3-4-6-16(14)26-20/h3-8,11,22H,9-10H2,1-2H3. The summed E-state index contributed by atoms with van der Waals surface area (Å²) in [5, 5.41) is 6.27. The molecule has 132 valence electrons. The third kappa shape index (κ3) is 2.38. The Morgan fingerprint density at radius 2 is 2.12 bits per heavy atom. The smallest absolute Gasteiger partial charge is 0.206 e. The minimum Gasteiger partial charge on any atom is -0.440 e. The highest BCUT2D eigenvalue weighted by atomic mass is 35.5. The molecule has 0 amide bonds. The van der Waals surface area contributed by atoms with Crippen LogP contribution in [0.1, 0.15) is 12.5 Å². The van der Waals surface area contributed by atoms with Gasteiger partial charge in [-0.25, -0.2) is 4.98 Å². The van der Waals surface area contributed by atoms with E-state index in [1.807, 2.05) is 37.4 Å². The molecule has 3 heterocycles. The summed E-state index contributed by atoms with van der Waals surface area (Å²) in [6.07, 6.45) is 0.942. The van der Waals surface area contributed by atoms with Crippen LogP contribution in [0, 0.1) is 5.92 Å². The molecule has 2 aromatic carbocycles. The van der Waals surface area contributed by atoms with Gasteiger partial charge in [0.25, 0.3) is 0 Å². The predicted octanol–water partition coefficient (Wildman–Crippen LogP) is 6.07. The quantitative estimate of drug-likeness (QED) is 0.456. The van der Waals surface area contributed by atoms with Crippen molar-refractivity contribution >= 4 is 60.8 Å². The van der Waals surface area contributed by atoms with Gasteiger partial charge in [0, 0.05) is 19.2 Å². The maximum absolute atomic E-state index is 6.46. The second kappa shape index (κ2) is 5.89. The van der Waals surface area contributed by atoms with Crippen molar-refractivity contribution in [3.05, 3.63) is 47.0 Å². The molecule has 26 heavy (non-hydrogen) atoms. The molecule has 2 aromatic heterocycles. The number of halogens is 1. The second-order valence-electron chi connectivity index (χ2n) is 6.89. The highest BCUT2D eigenvalue weighted by Gasteiger charge is 2.27. The molecule has 0 fully saturated rings. The van der Waals surface area contributed by atoms with Crippen LogP contribution in [0.4, 0.5) is 16.7 Å². The van der Waals surface area contributed by atoms with E-state index in [1.165, 1.54) is 10.3 Å². The Morgan fingerprint density at radius 3 is 2.96 bits per heavy atom. The van der Waals surface area contributed by atoms with Gasteiger partial charge in [-0.05, 0) is 36.6 Å². The monoisotopic (exact) mass is 383 g/mol. The zero-order valence-corrected chi connectivity index (χ0v) is 16.1. The molecule has 1 unspecified atom stereocenters. The summed E-state index contributed by atoms with van der Waals surface area (Å²) in [5.74, 6) is 1.35. The molecular weight excluding hydrogens is 366 g/mol. The van der Waals surface area contributed by atoms with Gasteiger partial charge >= 0.3 is 0 Å². The SMILES string of the molecule is CC1CNc2c(Cl)ccc3oc(N(C)c4nc5ccccc5s4)c(c23)C1. The van der Waals surface area contributed by atoms with Gasteiger partial charge in [0.2, 0.25) is 5.88 Å². The molecule has 1 aliphatic rings. The van der Waals surface area contributed by atoms with E-state index in [4.69, 9.17) is 21.0 Å². The third-order valence-corrected chi connectivity index (χ3v) is 6.36. The highest BCUT2D eigenvalue weighted by Crippen LogP contribution is 2.45. The zero-order valence-electron chi connectivity index (χ0n) is 14.5. The van der Waals surface area contributed by atoms with Gasteiger partial charge in [0.1, 0.15) is 5.58 Å². The average molecular weight is 384 g/mol. The van der Waals surface area contributed by atoms with E-state index in [2.05, 4.69) is 23.2 Å². The first-order valence-electron chi connectivity index (χ1n) is 8.69. The Labute approximate surface area is 160 Å². The van der Waals surface area contributed by atoms with Gasteiger partial charge in [-0.3, -0.25) is 4.90 Å². The maximum Gasteiger partial charge on any atom is 0.206 e. The van der Waals surface area contributed by atoms with E-state index in [0.717, 1.165) is 51.2 Å². The number of hydrogen-bond donors (Lipinski definition) is 1.